The molecule has 102 valence electrons. The van der Waals surface area contributed by atoms with E-state index in [4.69, 9.17) is 23.7 Å². The summed E-state index contributed by atoms with van der Waals surface area (Å²) in [6.07, 6.45) is 0. The van der Waals surface area contributed by atoms with E-state index in [2.05, 4.69) is 13.8 Å². The van der Waals surface area contributed by atoms with Gasteiger partial charge >= 0.3 is 0 Å². The Hall–Kier alpha value is -0.200. The second-order valence-corrected chi connectivity index (χ2v) is 3.06. The lowest BCUT2D eigenvalue weighted by molar-refractivity contribution is -0.00774. The van der Waals surface area contributed by atoms with Crippen molar-refractivity contribution in [2.45, 2.75) is 0 Å². The van der Waals surface area contributed by atoms with Crippen LogP contribution < -0.4 is 0 Å². The fraction of sp³-hybridized carbons (Fsp3) is 0.833. The van der Waals surface area contributed by atoms with Crippen LogP contribution in [0.2, 0.25) is 0 Å². The Balaban J connectivity index is 2.85. The van der Waals surface area contributed by atoms with Crippen molar-refractivity contribution in [3.63, 3.8) is 0 Å². The second kappa shape index (κ2) is 15.8. The average Bonchev–Trinajstić information content (AvgIpc) is 2.35. The molecule has 0 aliphatic heterocycles. The molecule has 0 aromatic rings. The van der Waals surface area contributed by atoms with Gasteiger partial charge in [-0.2, -0.15) is 0 Å². The van der Waals surface area contributed by atoms with Crippen molar-refractivity contribution in [3.8, 4) is 0 Å². The molecule has 5 nitrogen and oxygen atoms in total. The summed E-state index contributed by atoms with van der Waals surface area (Å²) in [5, 5.41) is 0. The molecular formula is C12H24O5. The lowest BCUT2D eigenvalue weighted by Gasteiger charge is -2.06. The maximum Gasteiger partial charge on any atom is 0.0701 e. The summed E-state index contributed by atoms with van der Waals surface area (Å²) < 4.78 is 25.8. The highest BCUT2D eigenvalue weighted by Gasteiger charge is 1.92. The highest BCUT2D eigenvalue weighted by molar-refractivity contribution is 4.36. The lowest BCUT2D eigenvalue weighted by atomic mass is 10.7. The second-order valence-electron chi connectivity index (χ2n) is 3.06. The van der Waals surface area contributed by atoms with Gasteiger partial charge in [0.05, 0.1) is 52.9 Å². The Labute approximate surface area is 104 Å². The summed E-state index contributed by atoms with van der Waals surface area (Å²) in [4.78, 5) is 0. The third kappa shape index (κ3) is 15.8. The molecule has 0 N–H and O–H groups in total. The zero-order valence-corrected chi connectivity index (χ0v) is 10.5. The van der Waals surface area contributed by atoms with Crippen molar-refractivity contribution < 1.29 is 23.7 Å². The standard InChI is InChI=1S/C12H24O5/c1-3-13-5-7-15-9-11-17-12-10-16-8-6-14-4-2/h1-12H2. The zero-order valence-electron chi connectivity index (χ0n) is 10.5. The summed E-state index contributed by atoms with van der Waals surface area (Å²) in [5.41, 5.74) is 0. The van der Waals surface area contributed by atoms with Gasteiger partial charge in [-0.15, -0.1) is 0 Å². The molecule has 0 aliphatic rings. The maximum atomic E-state index is 5.29. The van der Waals surface area contributed by atoms with E-state index in [0.717, 1.165) is 0 Å². The Bertz CT molecular complexity index is 118. The summed E-state index contributed by atoms with van der Waals surface area (Å²) in [6, 6.07) is 0. The monoisotopic (exact) mass is 248 g/mol. The van der Waals surface area contributed by atoms with Crippen LogP contribution in [0, 0.1) is 13.8 Å². The molecule has 0 heterocycles. The molecule has 0 bridgehead atoms. The van der Waals surface area contributed by atoms with E-state index in [1.54, 1.807) is 0 Å². The van der Waals surface area contributed by atoms with Crippen molar-refractivity contribution >= 4 is 0 Å². The molecule has 17 heavy (non-hydrogen) atoms. The van der Waals surface area contributed by atoms with E-state index in [9.17, 15) is 0 Å². The third-order valence-corrected chi connectivity index (χ3v) is 1.78. The molecule has 0 aromatic heterocycles. The SMILES string of the molecule is [CH2]COCCOCCOCCOCCOC[CH2]. The van der Waals surface area contributed by atoms with Gasteiger partial charge in [0, 0.05) is 13.2 Å². The largest absolute Gasteiger partial charge is 0.379 e. The Morgan fingerprint density at radius 3 is 0.882 bits per heavy atom. The first-order valence-electron chi connectivity index (χ1n) is 5.89. The van der Waals surface area contributed by atoms with Crippen molar-refractivity contribution in [2.75, 3.05) is 66.1 Å². The summed E-state index contributed by atoms with van der Waals surface area (Å²) in [7, 11) is 0. The number of hydrogen-bond acceptors (Lipinski definition) is 5. The van der Waals surface area contributed by atoms with Crippen LogP contribution >= 0.6 is 0 Å². The molecular weight excluding hydrogens is 224 g/mol. The molecule has 5 heteroatoms. The van der Waals surface area contributed by atoms with Gasteiger partial charge in [0.2, 0.25) is 0 Å². The first kappa shape index (κ1) is 16.8. The van der Waals surface area contributed by atoms with Gasteiger partial charge in [-0.25, -0.2) is 0 Å². The van der Waals surface area contributed by atoms with Gasteiger partial charge in [-0.05, 0) is 13.8 Å². The molecule has 0 spiro atoms. The third-order valence-electron chi connectivity index (χ3n) is 1.78. The van der Waals surface area contributed by atoms with Crippen LogP contribution in [0.25, 0.3) is 0 Å². The van der Waals surface area contributed by atoms with Crippen molar-refractivity contribution in [1.82, 2.24) is 0 Å². The first-order chi connectivity index (χ1) is 8.41. The molecule has 0 unspecified atom stereocenters. The van der Waals surface area contributed by atoms with Crippen LogP contribution in [0.4, 0.5) is 0 Å². The fourth-order valence-corrected chi connectivity index (χ4v) is 0.982. The van der Waals surface area contributed by atoms with Gasteiger partial charge in [-0.1, -0.05) is 0 Å². The van der Waals surface area contributed by atoms with Gasteiger partial charge in [0.1, 0.15) is 0 Å². The fourth-order valence-electron chi connectivity index (χ4n) is 0.982. The molecule has 0 atom stereocenters. The van der Waals surface area contributed by atoms with Crippen LogP contribution in [0.3, 0.4) is 0 Å². The highest BCUT2D eigenvalue weighted by Crippen LogP contribution is 1.83. The quantitative estimate of drug-likeness (QED) is 0.424. The molecule has 0 saturated heterocycles. The van der Waals surface area contributed by atoms with Crippen LogP contribution in [0.1, 0.15) is 0 Å². The maximum absolute atomic E-state index is 5.29. The van der Waals surface area contributed by atoms with Crippen molar-refractivity contribution in [2.24, 2.45) is 0 Å². The predicted octanol–water partition coefficient (Wildman–Crippen LogP) is 0.738. The van der Waals surface area contributed by atoms with Gasteiger partial charge in [0.25, 0.3) is 0 Å². The van der Waals surface area contributed by atoms with E-state index in [-0.39, 0.29) is 0 Å². The first-order valence-corrected chi connectivity index (χ1v) is 5.89. The van der Waals surface area contributed by atoms with Gasteiger partial charge < -0.3 is 23.7 Å². The van der Waals surface area contributed by atoms with E-state index >= 15 is 0 Å². The molecule has 2 radical (unpaired) electrons. The van der Waals surface area contributed by atoms with E-state index in [1.807, 2.05) is 0 Å². The summed E-state index contributed by atoms with van der Waals surface area (Å²) >= 11 is 0. The minimum atomic E-state index is 0.481. The molecule has 0 aromatic carbocycles. The van der Waals surface area contributed by atoms with E-state index < -0.39 is 0 Å². The molecule has 0 rings (SSSR count). The minimum absolute atomic E-state index is 0.481. The van der Waals surface area contributed by atoms with Crippen molar-refractivity contribution in [3.05, 3.63) is 13.8 Å². The number of hydrogen-bond donors (Lipinski definition) is 0. The Morgan fingerprint density at radius 1 is 0.412 bits per heavy atom. The summed E-state index contributed by atoms with van der Waals surface area (Å²) in [5.74, 6) is 0. The molecule has 0 fully saturated rings. The lowest BCUT2D eigenvalue weighted by Crippen LogP contribution is -2.13. The zero-order chi connectivity index (χ0) is 12.6. The number of rotatable bonds is 14. The van der Waals surface area contributed by atoms with Crippen LogP contribution in [-0.4, -0.2) is 66.1 Å². The molecule has 0 aliphatic carbocycles. The highest BCUT2D eigenvalue weighted by atomic mass is 16.6. The number of ether oxygens (including phenoxy) is 5. The summed E-state index contributed by atoms with van der Waals surface area (Å²) in [6.45, 7) is 12.7. The van der Waals surface area contributed by atoms with Crippen LogP contribution in [-0.2, 0) is 23.7 Å². The average molecular weight is 248 g/mol. The van der Waals surface area contributed by atoms with E-state index in [1.165, 1.54) is 0 Å². The predicted molar refractivity (Wildman–Crippen MR) is 64.8 cm³/mol. The molecule has 0 amide bonds. The van der Waals surface area contributed by atoms with Gasteiger partial charge in [0.15, 0.2) is 0 Å². The van der Waals surface area contributed by atoms with Crippen LogP contribution in [0.5, 0.6) is 0 Å². The van der Waals surface area contributed by atoms with Crippen LogP contribution in [0.15, 0.2) is 0 Å². The van der Waals surface area contributed by atoms with E-state index in [0.29, 0.717) is 66.1 Å². The normalized spacial score (nSPS) is 10.9. The van der Waals surface area contributed by atoms with Crippen molar-refractivity contribution in [1.29, 1.82) is 0 Å². The van der Waals surface area contributed by atoms with Gasteiger partial charge in [-0.3, -0.25) is 0 Å². The Morgan fingerprint density at radius 2 is 0.647 bits per heavy atom. The topological polar surface area (TPSA) is 46.2 Å². The smallest absolute Gasteiger partial charge is 0.0701 e. The Kier molecular flexibility index (Phi) is 15.6. The minimum Gasteiger partial charge on any atom is -0.379 e. The molecule has 0 saturated carbocycles.